The predicted molar refractivity (Wildman–Crippen MR) is 99.0 cm³/mol. The van der Waals surface area contributed by atoms with Gasteiger partial charge in [0.1, 0.15) is 16.2 Å². The summed E-state index contributed by atoms with van der Waals surface area (Å²) in [5, 5.41) is 9.80. The molecule has 4 rings (SSSR count). The zero-order valence-electron chi connectivity index (χ0n) is 13.1. The molecule has 8 heteroatoms. The van der Waals surface area contributed by atoms with Gasteiger partial charge in [-0.1, -0.05) is 23.7 Å². The molecule has 0 radical (unpaired) electrons. The molecule has 3 aromatic rings. The Labute approximate surface area is 160 Å². The summed E-state index contributed by atoms with van der Waals surface area (Å²) in [6.07, 6.45) is 0. The Balaban J connectivity index is 2.02. The van der Waals surface area contributed by atoms with E-state index in [-0.39, 0.29) is 12.2 Å². The molecule has 0 aliphatic carbocycles. The van der Waals surface area contributed by atoms with Gasteiger partial charge in [0, 0.05) is 16.1 Å². The molecule has 130 valence electrons. The number of hydrogen-bond acceptors (Lipinski definition) is 3. The van der Waals surface area contributed by atoms with Gasteiger partial charge in [0.05, 0.1) is 17.9 Å². The normalized spacial score (nSPS) is 12.8. The van der Waals surface area contributed by atoms with Crippen LogP contribution in [0.4, 0.5) is 4.39 Å². The lowest BCUT2D eigenvalue weighted by Crippen LogP contribution is -2.09. The van der Waals surface area contributed by atoms with E-state index < -0.39 is 11.8 Å². The van der Waals surface area contributed by atoms with Gasteiger partial charge in [-0.2, -0.15) is 0 Å². The van der Waals surface area contributed by atoms with Crippen LogP contribution in [0.25, 0.3) is 5.69 Å². The van der Waals surface area contributed by atoms with Crippen LogP contribution in [0.15, 0.2) is 52.1 Å². The number of carboxylic acid groups (broad SMARTS) is 1. The van der Waals surface area contributed by atoms with E-state index in [1.54, 1.807) is 41.0 Å². The van der Waals surface area contributed by atoms with Gasteiger partial charge in [-0.15, -0.1) is 0 Å². The second-order valence-corrected chi connectivity index (χ2v) is 6.80. The Hall–Kier alpha value is -2.51. The minimum atomic E-state index is -1.15. The quantitative estimate of drug-likeness (QED) is 0.647. The van der Waals surface area contributed by atoms with E-state index in [0.717, 1.165) is 0 Å². The number of aromatic carboxylic acids is 1. The number of fused-ring (bicyclic) bond motifs is 3. The first kappa shape index (κ1) is 16.9. The van der Waals surface area contributed by atoms with Crippen molar-refractivity contribution < 1.29 is 14.3 Å². The maximum Gasteiger partial charge on any atom is 0.357 e. The number of hydrogen-bond donors (Lipinski definition) is 1. The fourth-order valence-electron chi connectivity index (χ4n) is 2.94. The van der Waals surface area contributed by atoms with Crippen molar-refractivity contribution in [1.82, 2.24) is 9.55 Å². The average molecular weight is 435 g/mol. The fraction of sp³-hybridized carbons (Fsp3) is 0.0556. The second-order valence-electron chi connectivity index (χ2n) is 5.61. The van der Waals surface area contributed by atoms with Crippen molar-refractivity contribution >= 4 is 39.2 Å². The average Bonchev–Trinajstić information content (AvgIpc) is 2.85. The van der Waals surface area contributed by atoms with Gasteiger partial charge in [-0.05, 0) is 46.3 Å². The molecule has 0 atom stereocenters. The van der Waals surface area contributed by atoms with Crippen LogP contribution in [0.2, 0.25) is 5.02 Å². The SMILES string of the molecule is O=C(O)c1nc2n(c1Br)-c1ccc(Cl)cc1C(c1ccccc1F)=NC2. The molecule has 0 saturated carbocycles. The molecule has 1 N–H and O–H groups in total. The topological polar surface area (TPSA) is 67.5 Å². The summed E-state index contributed by atoms with van der Waals surface area (Å²) in [5.41, 5.74) is 1.89. The number of aliphatic imine (C=N–C) groups is 1. The van der Waals surface area contributed by atoms with Crippen LogP contribution in [0, 0.1) is 5.82 Å². The maximum atomic E-state index is 14.4. The molecule has 0 saturated heterocycles. The Morgan fingerprint density at radius 2 is 2.00 bits per heavy atom. The van der Waals surface area contributed by atoms with Crippen molar-refractivity contribution in [3.63, 3.8) is 0 Å². The molecule has 0 unspecified atom stereocenters. The summed E-state index contributed by atoms with van der Waals surface area (Å²) in [6.45, 7) is 0.0991. The van der Waals surface area contributed by atoms with Crippen LogP contribution in [0.5, 0.6) is 0 Å². The van der Waals surface area contributed by atoms with Crippen LogP contribution in [0.1, 0.15) is 27.4 Å². The highest BCUT2D eigenvalue weighted by Gasteiger charge is 2.27. The van der Waals surface area contributed by atoms with Crippen LogP contribution < -0.4 is 0 Å². The Morgan fingerprint density at radius 1 is 1.23 bits per heavy atom. The third-order valence-corrected chi connectivity index (χ3v) is 5.02. The monoisotopic (exact) mass is 433 g/mol. The van der Waals surface area contributed by atoms with Crippen molar-refractivity contribution in [3.05, 3.63) is 80.6 Å². The van der Waals surface area contributed by atoms with Gasteiger partial charge in [-0.3, -0.25) is 9.56 Å². The van der Waals surface area contributed by atoms with Crippen molar-refractivity contribution in [2.45, 2.75) is 6.54 Å². The van der Waals surface area contributed by atoms with E-state index in [0.29, 0.717) is 38.0 Å². The molecule has 1 aliphatic rings. The van der Waals surface area contributed by atoms with E-state index in [4.69, 9.17) is 11.6 Å². The van der Waals surface area contributed by atoms with Gasteiger partial charge in [0.2, 0.25) is 0 Å². The maximum absolute atomic E-state index is 14.4. The van der Waals surface area contributed by atoms with Gasteiger partial charge < -0.3 is 5.11 Å². The molecule has 0 bridgehead atoms. The van der Waals surface area contributed by atoms with E-state index in [2.05, 4.69) is 25.9 Å². The van der Waals surface area contributed by atoms with Gasteiger partial charge in [0.15, 0.2) is 5.69 Å². The summed E-state index contributed by atoms with van der Waals surface area (Å²) in [6, 6.07) is 11.4. The van der Waals surface area contributed by atoms with E-state index >= 15 is 0 Å². The summed E-state index contributed by atoms with van der Waals surface area (Å²) in [5.74, 6) is -1.11. The second kappa shape index (κ2) is 6.34. The first-order chi connectivity index (χ1) is 12.5. The summed E-state index contributed by atoms with van der Waals surface area (Å²) in [7, 11) is 0. The smallest absolute Gasteiger partial charge is 0.357 e. The van der Waals surface area contributed by atoms with Crippen molar-refractivity contribution in [2.75, 3.05) is 0 Å². The molecular weight excluding hydrogens is 425 g/mol. The number of benzene rings is 2. The minimum Gasteiger partial charge on any atom is -0.476 e. The largest absolute Gasteiger partial charge is 0.476 e. The first-order valence-corrected chi connectivity index (χ1v) is 8.74. The summed E-state index contributed by atoms with van der Waals surface area (Å²) < 4.78 is 16.3. The number of rotatable bonds is 2. The van der Waals surface area contributed by atoms with E-state index in [1.807, 2.05) is 0 Å². The lowest BCUT2D eigenvalue weighted by molar-refractivity contribution is 0.0690. The number of carboxylic acids is 1. The Kier molecular flexibility index (Phi) is 4.13. The first-order valence-electron chi connectivity index (χ1n) is 7.57. The third kappa shape index (κ3) is 2.64. The molecule has 0 fully saturated rings. The molecule has 1 aromatic heterocycles. The van der Waals surface area contributed by atoms with Crippen molar-refractivity contribution in [1.29, 1.82) is 0 Å². The molecule has 26 heavy (non-hydrogen) atoms. The molecule has 2 heterocycles. The van der Waals surface area contributed by atoms with Gasteiger partial charge >= 0.3 is 5.97 Å². The van der Waals surface area contributed by atoms with Crippen LogP contribution >= 0.6 is 27.5 Å². The Morgan fingerprint density at radius 3 is 2.73 bits per heavy atom. The molecule has 5 nitrogen and oxygen atoms in total. The standard InChI is InChI=1S/C18H10BrClFN3O2/c19-17-16(18(25)26)23-14-8-22-15(10-3-1-2-4-12(10)21)11-7-9(20)5-6-13(11)24(14)17/h1-7H,8H2,(H,25,26). The van der Waals surface area contributed by atoms with Crippen molar-refractivity contribution in [2.24, 2.45) is 4.99 Å². The highest BCUT2D eigenvalue weighted by Crippen LogP contribution is 2.32. The third-order valence-electron chi connectivity index (χ3n) is 4.06. The van der Waals surface area contributed by atoms with Crippen molar-refractivity contribution in [3.8, 4) is 5.69 Å². The van der Waals surface area contributed by atoms with Crippen LogP contribution in [0.3, 0.4) is 0 Å². The van der Waals surface area contributed by atoms with E-state index in [1.165, 1.54) is 6.07 Å². The highest BCUT2D eigenvalue weighted by molar-refractivity contribution is 9.10. The van der Waals surface area contributed by atoms with Gasteiger partial charge in [-0.25, -0.2) is 14.2 Å². The molecule has 1 aliphatic heterocycles. The zero-order valence-corrected chi connectivity index (χ0v) is 15.4. The number of nitrogens with zero attached hydrogens (tertiary/aromatic N) is 3. The minimum absolute atomic E-state index is 0.0991. The van der Waals surface area contributed by atoms with Crippen LogP contribution in [-0.2, 0) is 6.54 Å². The number of halogens is 3. The fourth-order valence-corrected chi connectivity index (χ4v) is 3.77. The predicted octanol–water partition coefficient (Wildman–Crippen LogP) is 4.48. The van der Waals surface area contributed by atoms with E-state index in [9.17, 15) is 14.3 Å². The van der Waals surface area contributed by atoms with Crippen LogP contribution in [-0.4, -0.2) is 26.3 Å². The lowest BCUT2D eigenvalue weighted by atomic mass is 10.00. The summed E-state index contributed by atoms with van der Waals surface area (Å²) in [4.78, 5) is 20.1. The molecule has 2 aromatic carbocycles. The molecular formula is C18H10BrClFN3O2. The Bertz CT molecular complexity index is 1090. The number of imidazole rings is 1. The highest BCUT2D eigenvalue weighted by atomic mass is 79.9. The molecule has 0 amide bonds. The number of aromatic nitrogens is 2. The zero-order chi connectivity index (χ0) is 18.4. The number of carbonyl (C=O) groups is 1. The summed E-state index contributed by atoms with van der Waals surface area (Å²) >= 11 is 9.48. The van der Waals surface area contributed by atoms with Gasteiger partial charge in [0.25, 0.3) is 0 Å². The molecule has 0 spiro atoms. The lowest BCUT2D eigenvalue weighted by Gasteiger charge is -2.13.